The van der Waals surface area contributed by atoms with E-state index in [0.717, 1.165) is 5.56 Å². The number of thiol groups is 1. The molecule has 0 aliphatic carbocycles. The molecule has 0 saturated carbocycles. The van der Waals surface area contributed by atoms with Crippen LogP contribution in [-0.2, 0) is 4.79 Å². The lowest BCUT2D eigenvalue weighted by Gasteiger charge is -2.13. The second-order valence-corrected chi connectivity index (χ2v) is 3.86. The Hall–Kier alpha value is -1.16. The molecule has 1 atom stereocenters. The fourth-order valence-electron chi connectivity index (χ4n) is 1.21. The van der Waals surface area contributed by atoms with Crippen LogP contribution in [0.25, 0.3) is 0 Å². The monoisotopic (exact) mass is 225 g/mol. The van der Waals surface area contributed by atoms with Crippen LogP contribution in [0.15, 0.2) is 24.3 Å². The van der Waals surface area contributed by atoms with Gasteiger partial charge in [-0.1, -0.05) is 25.1 Å². The minimum atomic E-state index is -0.179. The predicted octanol–water partition coefficient (Wildman–Crippen LogP) is 1.89. The fourth-order valence-corrected chi connectivity index (χ4v) is 1.52. The Kier molecular flexibility index (Phi) is 4.49. The van der Waals surface area contributed by atoms with Gasteiger partial charge in [-0.2, -0.15) is 12.6 Å². The zero-order valence-electron chi connectivity index (χ0n) is 8.60. The topological polar surface area (TPSA) is 49.3 Å². The Morgan fingerprint density at radius 3 is 2.80 bits per heavy atom. The molecule has 0 heterocycles. The van der Waals surface area contributed by atoms with Crippen LogP contribution in [0.3, 0.4) is 0 Å². The number of nitrogens with one attached hydrogen (secondary N) is 1. The normalized spacial score (nSPS) is 12.1. The molecular weight excluding hydrogens is 210 g/mol. The van der Waals surface area contributed by atoms with E-state index in [9.17, 15) is 9.90 Å². The maximum absolute atomic E-state index is 11.0. The maximum Gasteiger partial charge on any atom is 0.219 e. The van der Waals surface area contributed by atoms with Crippen LogP contribution in [0.1, 0.15) is 24.2 Å². The second kappa shape index (κ2) is 5.66. The van der Waals surface area contributed by atoms with E-state index in [-0.39, 0.29) is 16.9 Å². The molecule has 0 radical (unpaired) electrons. The van der Waals surface area contributed by atoms with Gasteiger partial charge in [0.05, 0.1) is 0 Å². The molecule has 1 rings (SSSR count). The molecule has 1 amide bonds. The van der Waals surface area contributed by atoms with Crippen LogP contribution in [0.2, 0.25) is 0 Å². The number of carbonyl (C=O) groups excluding carboxylic acids is 1. The van der Waals surface area contributed by atoms with E-state index in [4.69, 9.17) is 0 Å². The number of carbonyl (C=O) groups is 1. The second-order valence-electron chi connectivity index (χ2n) is 3.23. The van der Waals surface area contributed by atoms with Crippen molar-refractivity contribution in [2.45, 2.75) is 18.6 Å². The van der Waals surface area contributed by atoms with Crippen molar-refractivity contribution in [2.24, 2.45) is 0 Å². The predicted molar refractivity (Wildman–Crippen MR) is 63.1 cm³/mol. The lowest BCUT2D eigenvalue weighted by Crippen LogP contribution is -2.25. The first-order chi connectivity index (χ1) is 7.15. The fraction of sp³-hybridized carbons (Fsp3) is 0.364. The molecule has 0 saturated heterocycles. The first-order valence-electron chi connectivity index (χ1n) is 4.87. The van der Waals surface area contributed by atoms with Crippen molar-refractivity contribution in [3.63, 3.8) is 0 Å². The summed E-state index contributed by atoms with van der Waals surface area (Å²) in [5, 5.41) is 12.1. The molecule has 0 aliphatic rings. The highest BCUT2D eigenvalue weighted by atomic mass is 32.1. The van der Waals surface area contributed by atoms with Gasteiger partial charge in [-0.05, 0) is 6.07 Å². The van der Waals surface area contributed by atoms with E-state index < -0.39 is 0 Å². The zero-order valence-corrected chi connectivity index (χ0v) is 9.50. The Morgan fingerprint density at radius 2 is 2.20 bits per heavy atom. The summed E-state index contributed by atoms with van der Waals surface area (Å²) in [7, 11) is 0. The minimum Gasteiger partial charge on any atom is -0.508 e. The first-order valence-corrected chi connectivity index (χ1v) is 5.39. The lowest BCUT2D eigenvalue weighted by molar-refractivity contribution is -0.120. The Labute approximate surface area is 94.9 Å². The molecule has 2 N–H and O–H groups in total. The summed E-state index contributed by atoms with van der Waals surface area (Å²) in [6.07, 6.45) is 0.460. The summed E-state index contributed by atoms with van der Waals surface area (Å²) >= 11 is 4.33. The van der Waals surface area contributed by atoms with E-state index >= 15 is 0 Å². The van der Waals surface area contributed by atoms with E-state index in [1.165, 1.54) is 0 Å². The van der Waals surface area contributed by atoms with Crippen LogP contribution in [0.5, 0.6) is 5.75 Å². The highest BCUT2D eigenvalue weighted by molar-refractivity contribution is 7.80. The number of benzene rings is 1. The van der Waals surface area contributed by atoms with Crippen LogP contribution in [0, 0.1) is 0 Å². The lowest BCUT2D eigenvalue weighted by atomic mass is 10.1. The number of phenols is 1. The molecule has 0 aliphatic heterocycles. The maximum atomic E-state index is 11.0. The van der Waals surface area contributed by atoms with Crippen molar-refractivity contribution in [1.29, 1.82) is 0 Å². The van der Waals surface area contributed by atoms with Gasteiger partial charge in [0, 0.05) is 23.8 Å². The number of aromatic hydroxyl groups is 1. The van der Waals surface area contributed by atoms with E-state index in [1.807, 2.05) is 6.07 Å². The van der Waals surface area contributed by atoms with Crippen molar-refractivity contribution < 1.29 is 9.90 Å². The van der Waals surface area contributed by atoms with Crippen LogP contribution in [-0.4, -0.2) is 17.6 Å². The molecule has 0 aromatic heterocycles. The largest absolute Gasteiger partial charge is 0.508 e. The molecule has 0 fully saturated rings. The first kappa shape index (κ1) is 11.9. The van der Waals surface area contributed by atoms with Crippen LogP contribution >= 0.6 is 12.6 Å². The number of hydrogen-bond acceptors (Lipinski definition) is 3. The standard InChI is InChI=1S/C11H15NO2S/c1-2-11(14)12-7-10(15)8-5-3-4-6-9(8)13/h3-6,10,13,15H,2,7H2,1H3,(H,12,14). The van der Waals surface area contributed by atoms with Gasteiger partial charge in [0.25, 0.3) is 0 Å². The summed E-state index contributed by atoms with van der Waals surface area (Å²) < 4.78 is 0. The molecule has 1 aromatic rings. The highest BCUT2D eigenvalue weighted by Gasteiger charge is 2.10. The molecule has 1 aromatic carbocycles. The van der Waals surface area contributed by atoms with Crippen LogP contribution < -0.4 is 5.32 Å². The van der Waals surface area contributed by atoms with E-state index in [1.54, 1.807) is 25.1 Å². The molecule has 0 spiro atoms. The molecule has 4 heteroatoms. The Balaban J connectivity index is 2.57. The third kappa shape index (κ3) is 3.47. The summed E-state index contributed by atoms with van der Waals surface area (Å²) in [6.45, 7) is 2.22. The highest BCUT2D eigenvalue weighted by Crippen LogP contribution is 2.27. The van der Waals surface area contributed by atoms with Crippen molar-refractivity contribution in [1.82, 2.24) is 5.32 Å². The number of para-hydroxylation sites is 1. The van der Waals surface area contributed by atoms with Crippen molar-refractivity contribution in [3.8, 4) is 5.75 Å². The average molecular weight is 225 g/mol. The third-order valence-corrected chi connectivity index (χ3v) is 2.57. The van der Waals surface area contributed by atoms with Crippen molar-refractivity contribution in [2.75, 3.05) is 6.54 Å². The Morgan fingerprint density at radius 1 is 1.53 bits per heavy atom. The smallest absolute Gasteiger partial charge is 0.219 e. The molecule has 1 unspecified atom stereocenters. The third-order valence-electron chi connectivity index (χ3n) is 2.11. The van der Waals surface area contributed by atoms with E-state index in [0.29, 0.717) is 13.0 Å². The van der Waals surface area contributed by atoms with E-state index in [2.05, 4.69) is 17.9 Å². The van der Waals surface area contributed by atoms with Gasteiger partial charge in [0.1, 0.15) is 5.75 Å². The van der Waals surface area contributed by atoms with Gasteiger partial charge < -0.3 is 10.4 Å². The molecule has 15 heavy (non-hydrogen) atoms. The zero-order chi connectivity index (χ0) is 11.3. The van der Waals surface area contributed by atoms with Gasteiger partial charge in [-0.3, -0.25) is 4.79 Å². The summed E-state index contributed by atoms with van der Waals surface area (Å²) in [5.74, 6) is 0.202. The van der Waals surface area contributed by atoms with Gasteiger partial charge in [0.2, 0.25) is 5.91 Å². The average Bonchev–Trinajstić information content (AvgIpc) is 2.26. The molecular formula is C11H15NO2S. The van der Waals surface area contributed by atoms with Gasteiger partial charge >= 0.3 is 0 Å². The van der Waals surface area contributed by atoms with Crippen LogP contribution in [0.4, 0.5) is 0 Å². The molecule has 3 nitrogen and oxygen atoms in total. The minimum absolute atomic E-state index is 0.00975. The van der Waals surface area contributed by atoms with Crippen molar-refractivity contribution in [3.05, 3.63) is 29.8 Å². The summed E-state index contributed by atoms with van der Waals surface area (Å²) in [4.78, 5) is 11.0. The SMILES string of the molecule is CCC(=O)NCC(S)c1ccccc1O. The van der Waals surface area contributed by atoms with Crippen molar-refractivity contribution >= 4 is 18.5 Å². The van der Waals surface area contributed by atoms with Gasteiger partial charge in [-0.25, -0.2) is 0 Å². The van der Waals surface area contributed by atoms with Gasteiger partial charge in [0.15, 0.2) is 0 Å². The molecule has 0 bridgehead atoms. The Bertz CT molecular complexity index is 341. The number of hydrogen-bond donors (Lipinski definition) is 3. The number of rotatable bonds is 4. The van der Waals surface area contributed by atoms with Gasteiger partial charge in [-0.15, -0.1) is 0 Å². The number of amides is 1. The summed E-state index contributed by atoms with van der Waals surface area (Å²) in [6, 6.07) is 7.00. The number of phenolic OH excluding ortho intramolecular Hbond substituents is 1. The molecule has 82 valence electrons. The summed E-state index contributed by atoms with van der Waals surface area (Å²) in [5.41, 5.74) is 0.734. The quantitative estimate of drug-likeness (QED) is 0.685.